The Bertz CT molecular complexity index is 132. The minimum Gasteiger partial charge on any atom is -0.204 e. The Hall–Kier alpha value is -0.320. The average molecular weight is 352 g/mol. The fraction of sp³-hybridized carbons (Fsp3) is 1.00. The van der Waals surface area contributed by atoms with Crippen LogP contribution in [-0.2, 0) is 40.0 Å². The van der Waals surface area contributed by atoms with Gasteiger partial charge in [-0.25, -0.2) is 9.78 Å². The van der Waals surface area contributed by atoms with E-state index in [1.165, 1.54) is 64.2 Å². The van der Waals surface area contributed by atoms with Gasteiger partial charge in [0.05, 0.1) is 13.2 Å². The largest absolute Gasteiger partial charge is 0.204 e. The second kappa shape index (κ2) is 19.0. The molecule has 0 aromatic heterocycles. The molecule has 144 valence electrons. The van der Waals surface area contributed by atoms with Crippen LogP contribution in [-0.4, -0.2) is 13.2 Å². The highest BCUT2D eigenvalue weighted by molar-refractivity contribution is 4.49. The zero-order chi connectivity index (χ0) is 17.0. The van der Waals surface area contributed by atoms with E-state index in [1.54, 1.807) is 0 Å². The Morgan fingerprint density at radius 2 is 0.500 bits per heavy atom. The van der Waals surface area contributed by atoms with Crippen LogP contribution in [0.15, 0.2) is 0 Å². The summed E-state index contributed by atoms with van der Waals surface area (Å²) in [5, 5.41) is 24.6. The monoisotopic (exact) mass is 352 g/mol. The number of hydrogen-bond acceptors (Lipinski definition) is 8. The summed E-state index contributed by atoms with van der Waals surface area (Å²) in [4.78, 5) is 9.43. The zero-order valence-corrected chi connectivity index (χ0v) is 14.6. The van der Waals surface area contributed by atoms with Gasteiger partial charge in [-0.3, -0.25) is 0 Å². The Morgan fingerprint density at radius 3 is 0.833 bits per heavy atom. The fourth-order valence-electron chi connectivity index (χ4n) is 2.60. The molecule has 0 aromatic carbocycles. The van der Waals surface area contributed by atoms with Crippen molar-refractivity contribution >= 4 is 0 Å². The van der Waals surface area contributed by atoms with Crippen molar-refractivity contribution in [3.05, 3.63) is 0 Å². The van der Waals surface area contributed by atoms with Crippen LogP contribution < -0.4 is 0 Å². The summed E-state index contributed by atoms with van der Waals surface area (Å²) in [7, 11) is 0. The fourth-order valence-corrected chi connectivity index (χ4v) is 2.60. The summed E-state index contributed by atoms with van der Waals surface area (Å²) in [6.07, 6.45) is 17.1. The molecular weight excluding hydrogens is 320 g/mol. The van der Waals surface area contributed by atoms with Crippen molar-refractivity contribution in [3.63, 3.8) is 0 Å². The van der Waals surface area contributed by atoms with Gasteiger partial charge in [0, 0.05) is 0 Å². The molecule has 8 heteroatoms. The maximum Gasteiger partial charge on any atom is 0.0855 e. The van der Waals surface area contributed by atoms with E-state index in [2.05, 4.69) is 30.2 Å². The molecule has 1 rings (SSSR count). The van der Waals surface area contributed by atoms with Gasteiger partial charge in [-0.15, -0.1) is 0 Å². The highest BCUT2D eigenvalue weighted by Crippen LogP contribution is 2.13. The SMILES string of the molecule is C1CCCCCCCCOOOOOOOOCCCCCCC1. The predicted molar refractivity (Wildman–Crippen MR) is 83.1 cm³/mol. The minimum atomic E-state index is 0.420. The third-order valence-corrected chi connectivity index (χ3v) is 3.94. The first kappa shape index (κ1) is 21.7. The maximum absolute atomic E-state index is 4.72. The van der Waals surface area contributed by atoms with E-state index in [-0.39, 0.29) is 0 Å². The first-order valence-corrected chi connectivity index (χ1v) is 9.24. The standard InChI is InChI=1S/C16H32O8/c1-2-4-6-8-10-12-14-16-18-20-22-24-23-21-19-17-15-13-11-9-7-5-3-1/h1-16H2. The van der Waals surface area contributed by atoms with Crippen LogP contribution in [0, 0.1) is 0 Å². The lowest BCUT2D eigenvalue weighted by Gasteiger charge is -2.04. The van der Waals surface area contributed by atoms with Crippen LogP contribution in [0.5, 0.6) is 0 Å². The molecule has 1 heterocycles. The Morgan fingerprint density at radius 1 is 0.250 bits per heavy atom. The van der Waals surface area contributed by atoms with Gasteiger partial charge in [0.15, 0.2) is 0 Å². The smallest absolute Gasteiger partial charge is 0.0855 e. The summed E-state index contributed by atoms with van der Waals surface area (Å²) in [6, 6.07) is 0. The van der Waals surface area contributed by atoms with Gasteiger partial charge in [-0.2, -0.15) is 0 Å². The molecule has 0 aliphatic carbocycles. The lowest BCUT2D eigenvalue weighted by Crippen LogP contribution is -2.03. The van der Waals surface area contributed by atoms with Gasteiger partial charge in [0.1, 0.15) is 0 Å². The van der Waals surface area contributed by atoms with E-state index in [9.17, 15) is 0 Å². The van der Waals surface area contributed by atoms with Crippen LogP contribution in [0.1, 0.15) is 89.9 Å². The lowest BCUT2D eigenvalue weighted by molar-refractivity contribution is -0.813. The Kier molecular flexibility index (Phi) is 17.2. The van der Waals surface area contributed by atoms with E-state index in [1.807, 2.05) is 0 Å². The van der Waals surface area contributed by atoms with Crippen molar-refractivity contribution in [1.82, 2.24) is 0 Å². The second-order valence-corrected chi connectivity index (χ2v) is 6.00. The molecule has 0 saturated carbocycles. The van der Waals surface area contributed by atoms with Gasteiger partial charge in [0.2, 0.25) is 0 Å². The molecule has 0 amide bonds. The molecule has 1 aliphatic heterocycles. The molecule has 1 saturated heterocycles. The molecule has 0 radical (unpaired) electrons. The van der Waals surface area contributed by atoms with Gasteiger partial charge in [-0.05, 0) is 43.1 Å². The van der Waals surface area contributed by atoms with Crippen LogP contribution in [0.3, 0.4) is 0 Å². The predicted octanol–water partition coefficient (Wildman–Crippen LogP) is 5.00. The van der Waals surface area contributed by atoms with E-state index in [0.717, 1.165) is 25.7 Å². The highest BCUT2D eigenvalue weighted by Gasteiger charge is 1.98. The first-order valence-electron chi connectivity index (χ1n) is 9.24. The second-order valence-electron chi connectivity index (χ2n) is 6.00. The van der Waals surface area contributed by atoms with Crippen LogP contribution in [0.25, 0.3) is 0 Å². The molecule has 0 spiro atoms. The molecule has 0 unspecified atom stereocenters. The van der Waals surface area contributed by atoms with E-state index >= 15 is 0 Å². The minimum absolute atomic E-state index is 0.420. The van der Waals surface area contributed by atoms with Gasteiger partial charge >= 0.3 is 0 Å². The van der Waals surface area contributed by atoms with Crippen molar-refractivity contribution in [2.24, 2.45) is 0 Å². The first-order chi connectivity index (χ1) is 12.0. The van der Waals surface area contributed by atoms with Crippen LogP contribution >= 0.6 is 0 Å². The van der Waals surface area contributed by atoms with E-state index in [0.29, 0.717) is 13.2 Å². The molecule has 24 heavy (non-hydrogen) atoms. The van der Waals surface area contributed by atoms with Crippen LogP contribution in [0.2, 0.25) is 0 Å². The van der Waals surface area contributed by atoms with Crippen LogP contribution in [0.4, 0.5) is 0 Å². The van der Waals surface area contributed by atoms with Crippen molar-refractivity contribution in [3.8, 4) is 0 Å². The summed E-state index contributed by atoms with van der Waals surface area (Å²) >= 11 is 0. The molecule has 0 aromatic rings. The summed E-state index contributed by atoms with van der Waals surface area (Å²) in [5.74, 6) is 0. The normalized spacial score (nSPS) is 24.0. The summed E-state index contributed by atoms with van der Waals surface area (Å²) < 4.78 is 0. The van der Waals surface area contributed by atoms with Crippen molar-refractivity contribution in [1.29, 1.82) is 0 Å². The van der Waals surface area contributed by atoms with Crippen molar-refractivity contribution in [2.45, 2.75) is 89.9 Å². The Balaban J connectivity index is 2.00. The third kappa shape index (κ3) is 16.5. The summed E-state index contributed by atoms with van der Waals surface area (Å²) in [6.45, 7) is 0.841. The van der Waals surface area contributed by atoms with Gasteiger partial charge in [0.25, 0.3) is 0 Å². The van der Waals surface area contributed by atoms with E-state index < -0.39 is 0 Å². The van der Waals surface area contributed by atoms with Gasteiger partial charge < -0.3 is 0 Å². The quantitative estimate of drug-likeness (QED) is 0.564. The van der Waals surface area contributed by atoms with Crippen molar-refractivity contribution in [2.75, 3.05) is 13.2 Å². The third-order valence-electron chi connectivity index (χ3n) is 3.94. The van der Waals surface area contributed by atoms with E-state index in [4.69, 9.17) is 9.78 Å². The molecule has 1 fully saturated rings. The molecular formula is C16H32O8. The lowest BCUT2D eigenvalue weighted by atomic mass is 10.0. The number of rotatable bonds is 0. The van der Waals surface area contributed by atoms with Gasteiger partial charge in [-0.1, -0.05) is 77.0 Å². The topological polar surface area (TPSA) is 73.8 Å². The molecule has 0 atom stereocenters. The molecule has 1 aliphatic rings. The maximum atomic E-state index is 4.72. The Labute approximate surface area is 144 Å². The zero-order valence-electron chi connectivity index (χ0n) is 14.6. The molecule has 0 bridgehead atoms. The summed E-state index contributed by atoms with van der Waals surface area (Å²) in [5.41, 5.74) is 0. The number of hydrogen-bond donors (Lipinski definition) is 0. The molecule has 8 nitrogen and oxygen atoms in total. The highest BCUT2D eigenvalue weighted by atomic mass is 17.9. The average Bonchev–Trinajstić information content (AvgIpc) is 2.59. The van der Waals surface area contributed by atoms with Crippen molar-refractivity contribution < 1.29 is 40.0 Å². The molecule has 0 N–H and O–H groups in total.